The molecule has 64 heavy (non-hydrogen) atoms. The van der Waals surface area contributed by atoms with Gasteiger partial charge in [-0.3, -0.25) is 14.1 Å². The molecule has 0 fully saturated rings. The maximum absolute atomic E-state index is 13.4. The van der Waals surface area contributed by atoms with E-state index >= 15 is 0 Å². The van der Waals surface area contributed by atoms with E-state index in [4.69, 9.17) is 22.1 Å². The molecule has 2 aromatic heterocycles. The molecule has 2 aliphatic rings. The normalized spacial score (nSPS) is 13.3. The van der Waals surface area contributed by atoms with Crippen molar-refractivity contribution in [2.45, 2.75) is 36.0 Å². The van der Waals surface area contributed by atoms with Crippen LogP contribution >= 0.6 is 10.7 Å². The zero-order chi connectivity index (χ0) is 44.9. The molecule has 5 N–H and O–H groups in total. The number of hydrogen-bond acceptors (Lipinski definition) is 12. The van der Waals surface area contributed by atoms with Gasteiger partial charge in [0.05, 0.1) is 15.9 Å². The Balaban J connectivity index is 0.000000162. The third-order valence-corrected chi connectivity index (χ3v) is 13.3. The van der Waals surface area contributed by atoms with Crippen molar-refractivity contribution in [3.05, 3.63) is 167 Å². The summed E-state index contributed by atoms with van der Waals surface area (Å²) in [7, 11) is -2.77. The summed E-state index contributed by atoms with van der Waals surface area (Å²) in [5, 5.41) is 0.933. The molecule has 0 atom stereocenters. The fourth-order valence-electron chi connectivity index (χ4n) is 8.05. The molecule has 0 saturated heterocycles. The Morgan fingerprint density at radius 1 is 0.516 bits per heavy atom. The number of hydrogen-bond donors (Lipinski definition) is 3. The lowest BCUT2D eigenvalue weighted by molar-refractivity contribution is 0.0741. The monoisotopic (exact) mass is 910 g/mol. The summed E-state index contributed by atoms with van der Waals surface area (Å²) in [4.78, 5) is 46.9. The maximum atomic E-state index is 13.4. The lowest BCUT2D eigenvalue weighted by atomic mass is 10.0. The van der Waals surface area contributed by atoms with Crippen molar-refractivity contribution in [1.82, 2.24) is 29.7 Å². The molecule has 2 aliphatic heterocycles. The van der Waals surface area contributed by atoms with Crippen LogP contribution in [0.1, 0.15) is 43.2 Å². The number of fused-ring (bicyclic) bond motifs is 4. The minimum atomic E-state index is -4.44. The molecule has 6 aromatic carbocycles. The number of halogens is 1. The SMILES string of the molecule is Nc1nc(C(=O)N2Cc3ccccc3C2)c2cc(-c3ccccc3S(=O)(=O)Cl)ccc2n1.Nc1nc(C(=O)N2Cc3ccccc3C2)c2cc(-c3ccccc3S(=O)(=O)O)ccc2n1. The van der Waals surface area contributed by atoms with Gasteiger partial charge in [-0.25, -0.2) is 28.4 Å². The van der Waals surface area contributed by atoms with E-state index in [0.717, 1.165) is 22.3 Å². The second kappa shape index (κ2) is 16.4. The van der Waals surface area contributed by atoms with Crippen molar-refractivity contribution >= 4 is 75.4 Å². The minimum absolute atomic E-state index is 0.00551. The highest BCUT2D eigenvalue weighted by Gasteiger charge is 2.29. The summed E-state index contributed by atoms with van der Waals surface area (Å²) in [6, 6.07) is 38.3. The van der Waals surface area contributed by atoms with Gasteiger partial charge in [-0.05, 0) is 69.8 Å². The van der Waals surface area contributed by atoms with Crippen molar-refractivity contribution in [2.24, 2.45) is 0 Å². The molecule has 15 nitrogen and oxygen atoms in total. The van der Waals surface area contributed by atoms with Gasteiger partial charge in [0, 0.05) is 58.8 Å². The smallest absolute Gasteiger partial charge is 0.295 e. The van der Waals surface area contributed by atoms with Gasteiger partial charge in [0.25, 0.3) is 31.0 Å². The molecule has 2 amide bonds. The summed E-state index contributed by atoms with van der Waals surface area (Å²) in [5.41, 5.74) is 19.2. The van der Waals surface area contributed by atoms with E-state index in [2.05, 4.69) is 19.9 Å². The van der Waals surface area contributed by atoms with Crippen LogP contribution < -0.4 is 11.5 Å². The number of aromatic nitrogens is 4. The van der Waals surface area contributed by atoms with Gasteiger partial charge in [0.15, 0.2) is 0 Å². The Morgan fingerprint density at radius 3 is 1.27 bits per heavy atom. The van der Waals surface area contributed by atoms with E-state index in [0.29, 0.717) is 70.2 Å². The van der Waals surface area contributed by atoms with Gasteiger partial charge >= 0.3 is 0 Å². The highest BCUT2D eigenvalue weighted by atomic mass is 35.7. The topological polar surface area (TPSA) is 233 Å². The number of anilines is 2. The number of carbonyl (C=O) groups is 2. The number of benzene rings is 6. The van der Waals surface area contributed by atoms with Crippen LogP contribution in [0, 0.1) is 0 Å². The highest BCUT2D eigenvalue weighted by molar-refractivity contribution is 8.13. The zero-order valence-corrected chi connectivity index (χ0v) is 35.8. The molecular formula is C46H35ClN8O7S2. The first-order valence-electron chi connectivity index (χ1n) is 19.6. The number of nitrogens with zero attached hydrogens (tertiary/aromatic N) is 6. The highest BCUT2D eigenvalue weighted by Crippen LogP contribution is 2.35. The Hall–Kier alpha value is -7.31. The summed E-state index contributed by atoms with van der Waals surface area (Å²) in [6.45, 7) is 1.89. The van der Waals surface area contributed by atoms with Gasteiger partial charge in [0.1, 0.15) is 16.3 Å². The minimum Gasteiger partial charge on any atom is -0.368 e. The predicted octanol–water partition coefficient (Wildman–Crippen LogP) is 7.24. The molecule has 0 radical (unpaired) electrons. The quantitative estimate of drug-likeness (QED) is 0.110. The molecule has 4 heterocycles. The van der Waals surface area contributed by atoms with E-state index in [1.807, 2.05) is 48.5 Å². The van der Waals surface area contributed by atoms with Gasteiger partial charge in [-0.2, -0.15) is 8.42 Å². The molecule has 320 valence electrons. The second-order valence-electron chi connectivity index (χ2n) is 15.1. The summed E-state index contributed by atoms with van der Waals surface area (Å²) in [6.07, 6.45) is 0. The standard InChI is InChI=1S/C23H17ClN4O3S.C23H18N4O4S/c24-32(30,31)20-8-4-3-7-17(20)14-9-10-19-18(11-14)21(27-23(25)26-19)22(29)28-12-15-5-1-2-6-16(15)13-28;24-23-25-19-10-9-14(17-7-3-4-8-20(17)32(29,30)31)11-18(19)21(26-23)22(28)27-12-15-5-1-2-6-16(15)13-27/h1-11H,12-13H2,(H2,25,26,27);1-11H,12-13H2,(H2,24,25,26)(H,29,30,31). The molecule has 0 spiro atoms. The maximum Gasteiger partial charge on any atom is 0.295 e. The third-order valence-electron chi connectivity index (χ3n) is 11.0. The Morgan fingerprint density at radius 2 is 0.875 bits per heavy atom. The van der Waals surface area contributed by atoms with E-state index in [1.54, 1.807) is 76.5 Å². The number of rotatable bonds is 6. The molecular weight excluding hydrogens is 876 g/mol. The van der Waals surface area contributed by atoms with E-state index in [1.165, 1.54) is 18.2 Å². The zero-order valence-electron chi connectivity index (χ0n) is 33.5. The largest absolute Gasteiger partial charge is 0.368 e. The molecule has 18 heteroatoms. The molecule has 0 aliphatic carbocycles. The molecule has 0 saturated carbocycles. The number of nitrogens with two attached hydrogens (primary N) is 2. The summed E-state index contributed by atoms with van der Waals surface area (Å²) >= 11 is 0. The van der Waals surface area contributed by atoms with Gasteiger partial charge in [0.2, 0.25) is 11.9 Å². The number of amides is 2. The fourth-order valence-corrected chi connectivity index (χ4v) is 9.86. The third kappa shape index (κ3) is 8.20. The lowest BCUT2D eigenvalue weighted by Gasteiger charge is -2.17. The van der Waals surface area contributed by atoms with Crippen molar-refractivity contribution in [1.29, 1.82) is 0 Å². The van der Waals surface area contributed by atoms with E-state index < -0.39 is 19.2 Å². The van der Waals surface area contributed by atoms with Crippen molar-refractivity contribution in [3.8, 4) is 22.3 Å². The van der Waals surface area contributed by atoms with Gasteiger partial charge in [-0.15, -0.1) is 0 Å². The van der Waals surface area contributed by atoms with Crippen molar-refractivity contribution in [2.75, 3.05) is 11.5 Å². The van der Waals surface area contributed by atoms with E-state index in [9.17, 15) is 31.0 Å². The average Bonchev–Trinajstić information content (AvgIpc) is 3.93. The first kappa shape index (κ1) is 42.0. The predicted molar refractivity (Wildman–Crippen MR) is 242 cm³/mol. The molecule has 10 rings (SSSR count). The van der Waals surface area contributed by atoms with Crippen LogP contribution in [-0.2, 0) is 45.3 Å². The molecule has 0 bridgehead atoms. The van der Waals surface area contributed by atoms with Gasteiger partial charge in [-0.1, -0.05) is 97.1 Å². The van der Waals surface area contributed by atoms with Crippen molar-refractivity contribution in [3.63, 3.8) is 0 Å². The summed E-state index contributed by atoms with van der Waals surface area (Å²) < 4.78 is 57.4. The first-order chi connectivity index (χ1) is 30.6. The average molecular weight is 911 g/mol. The molecule has 0 unspecified atom stereocenters. The van der Waals surface area contributed by atoms with Crippen LogP contribution in [0.15, 0.2) is 143 Å². The van der Waals surface area contributed by atoms with Crippen molar-refractivity contribution < 1.29 is 31.0 Å². The van der Waals surface area contributed by atoms with Crippen LogP contribution in [0.3, 0.4) is 0 Å². The van der Waals surface area contributed by atoms with Gasteiger partial charge < -0.3 is 21.3 Å². The number of carbonyl (C=O) groups excluding carboxylic acids is 2. The van der Waals surface area contributed by atoms with Crippen LogP contribution in [0.2, 0.25) is 0 Å². The van der Waals surface area contributed by atoms with Crippen LogP contribution in [0.5, 0.6) is 0 Å². The first-order valence-corrected chi connectivity index (χ1v) is 23.3. The Bertz CT molecular complexity index is 3190. The molecule has 8 aromatic rings. The number of nitrogen functional groups attached to an aromatic ring is 2. The lowest BCUT2D eigenvalue weighted by Crippen LogP contribution is -2.27. The van der Waals surface area contributed by atoms with Crippen LogP contribution in [0.25, 0.3) is 44.1 Å². The van der Waals surface area contributed by atoms with Crippen LogP contribution in [0.4, 0.5) is 11.9 Å². The summed E-state index contributed by atoms with van der Waals surface area (Å²) in [5.74, 6) is -0.589. The fraction of sp³-hybridized carbons (Fsp3) is 0.0870. The van der Waals surface area contributed by atoms with Crippen LogP contribution in [-0.4, -0.2) is 62.9 Å². The Labute approximate surface area is 371 Å². The van der Waals surface area contributed by atoms with E-state index in [-0.39, 0.29) is 44.9 Å². The Kier molecular flexibility index (Phi) is 10.8. The second-order valence-corrected chi connectivity index (χ2v) is 19.0.